The lowest BCUT2D eigenvalue weighted by molar-refractivity contribution is -0.126. The summed E-state index contributed by atoms with van der Waals surface area (Å²) in [4.78, 5) is 19.0. The zero-order valence-corrected chi connectivity index (χ0v) is 17.1. The molecule has 1 amide bonds. The number of carbonyl (C=O) groups excluding carboxylic acids is 1. The van der Waals surface area contributed by atoms with Crippen LogP contribution in [-0.4, -0.2) is 34.0 Å². The summed E-state index contributed by atoms with van der Waals surface area (Å²) in [5, 5.41) is 7.35. The van der Waals surface area contributed by atoms with Gasteiger partial charge in [-0.1, -0.05) is 47.1 Å². The molecule has 1 fully saturated rings. The Hall–Kier alpha value is -2.77. The molecule has 1 N–H and O–H groups in total. The van der Waals surface area contributed by atoms with Crippen molar-refractivity contribution < 1.29 is 13.7 Å². The van der Waals surface area contributed by atoms with Crippen molar-refractivity contribution in [1.29, 1.82) is 0 Å². The van der Waals surface area contributed by atoms with E-state index in [-0.39, 0.29) is 24.2 Å². The van der Waals surface area contributed by atoms with Crippen LogP contribution in [0.2, 0.25) is 5.02 Å². The highest BCUT2D eigenvalue weighted by Gasteiger charge is 2.25. The maximum atomic E-state index is 13.8. The Morgan fingerprint density at radius 1 is 1.17 bits per heavy atom. The molecule has 0 radical (unpaired) electrons. The van der Waals surface area contributed by atoms with Gasteiger partial charge in [0.15, 0.2) is 0 Å². The molecule has 0 spiro atoms. The number of halogens is 2. The first kappa shape index (κ1) is 20.5. The van der Waals surface area contributed by atoms with Crippen molar-refractivity contribution in [3.63, 3.8) is 0 Å². The second-order valence-electron chi connectivity index (χ2n) is 7.35. The standard InChI is InChI=1S/C22H22ClFN4O2/c23-18-7-3-2-6-17(18)21-26-20(30-27-21)13-25-22(29)15-9-11-28(12-10-15)14-16-5-1-4-8-19(16)24/h1-8,15H,9-14H2,(H,25,29). The fraction of sp³-hybridized carbons (Fsp3) is 0.318. The molecule has 4 rings (SSSR count). The molecule has 0 aliphatic carbocycles. The van der Waals surface area contributed by atoms with Crippen molar-refractivity contribution >= 4 is 17.5 Å². The van der Waals surface area contributed by atoms with E-state index in [0.717, 1.165) is 25.9 Å². The molecule has 0 atom stereocenters. The van der Waals surface area contributed by atoms with E-state index in [1.54, 1.807) is 18.2 Å². The lowest BCUT2D eigenvalue weighted by atomic mass is 9.95. The molecule has 2 aromatic carbocycles. The number of hydrogen-bond acceptors (Lipinski definition) is 5. The summed E-state index contributed by atoms with van der Waals surface area (Å²) in [6.07, 6.45) is 1.46. The summed E-state index contributed by atoms with van der Waals surface area (Å²) in [7, 11) is 0. The number of hydrogen-bond donors (Lipinski definition) is 1. The Morgan fingerprint density at radius 2 is 1.90 bits per heavy atom. The third-order valence-corrected chi connectivity index (χ3v) is 5.64. The van der Waals surface area contributed by atoms with Crippen molar-refractivity contribution in [1.82, 2.24) is 20.4 Å². The van der Waals surface area contributed by atoms with Gasteiger partial charge in [0.1, 0.15) is 5.82 Å². The van der Waals surface area contributed by atoms with Gasteiger partial charge in [-0.15, -0.1) is 0 Å². The molecule has 1 aliphatic rings. The highest BCUT2D eigenvalue weighted by molar-refractivity contribution is 6.33. The Kier molecular flexibility index (Phi) is 6.40. The third-order valence-electron chi connectivity index (χ3n) is 5.31. The molecular formula is C22H22ClFN4O2. The second-order valence-corrected chi connectivity index (χ2v) is 7.76. The summed E-state index contributed by atoms with van der Waals surface area (Å²) in [5.74, 6) is 0.431. The van der Waals surface area contributed by atoms with Crippen LogP contribution in [0.25, 0.3) is 11.4 Å². The number of amides is 1. The molecule has 0 unspecified atom stereocenters. The highest BCUT2D eigenvalue weighted by atomic mass is 35.5. The van der Waals surface area contributed by atoms with Crippen molar-refractivity contribution in [2.45, 2.75) is 25.9 Å². The number of piperidine rings is 1. The predicted molar refractivity (Wildman–Crippen MR) is 111 cm³/mol. The van der Waals surface area contributed by atoms with Crippen LogP contribution in [-0.2, 0) is 17.9 Å². The fourth-order valence-corrected chi connectivity index (χ4v) is 3.83. The van der Waals surface area contributed by atoms with Crippen LogP contribution in [0.3, 0.4) is 0 Å². The number of nitrogens with zero attached hydrogens (tertiary/aromatic N) is 3. The zero-order chi connectivity index (χ0) is 20.9. The third kappa shape index (κ3) is 4.86. The van der Waals surface area contributed by atoms with E-state index in [9.17, 15) is 9.18 Å². The quantitative estimate of drug-likeness (QED) is 0.641. The number of likely N-dealkylation sites (tertiary alicyclic amines) is 1. The zero-order valence-electron chi connectivity index (χ0n) is 16.4. The van der Waals surface area contributed by atoms with Crippen LogP contribution in [0.5, 0.6) is 0 Å². The van der Waals surface area contributed by atoms with Crippen LogP contribution < -0.4 is 5.32 Å². The molecule has 30 heavy (non-hydrogen) atoms. The Bertz CT molecular complexity index is 1020. The minimum absolute atomic E-state index is 0.0296. The Morgan fingerprint density at radius 3 is 2.67 bits per heavy atom. The van der Waals surface area contributed by atoms with Crippen molar-refractivity contribution in [3.8, 4) is 11.4 Å². The molecule has 6 nitrogen and oxygen atoms in total. The number of nitrogens with one attached hydrogen (secondary N) is 1. The van der Waals surface area contributed by atoms with Crippen LogP contribution in [0, 0.1) is 11.7 Å². The minimum Gasteiger partial charge on any atom is -0.347 e. The van der Waals surface area contributed by atoms with E-state index in [1.807, 2.05) is 24.3 Å². The molecule has 1 aromatic heterocycles. The lowest BCUT2D eigenvalue weighted by Gasteiger charge is -2.31. The van der Waals surface area contributed by atoms with Crippen molar-refractivity contribution in [2.24, 2.45) is 5.92 Å². The summed E-state index contributed by atoms with van der Waals surface area (Å²) >= 11 is 6.15. The average Bonchev–Trinajstić information content (AvgIpc) is 3.23. The van der Waals surface area contributed by atoms with Gasteiger partial charge < -0.3 is 9.84 Å². The van der Waals surface area contributed by atoms with Crippen LogP contribution in [0.4, 0.5) is 4.39 Å². The van der Waals surface area contributed by atoms with Gasteiger partial charge in [0.05, 0.1) is 11.6 Å². The molecule has 1 aliphatic heterocycles. The van der Waals surface area contributed by atoms with E-state index in [2.05, 4.69) is 20.4 Å². The summed E-state index contributed by atoms with van der Waals surface area (Å²) in [6, 6.07) is 14.0. The molecule has 3 aromatic rings. The first-order valence-corrected chi connectivity index (χ1v) is 10.3. The largest absolute Gasteiger partial charge is 0.347 e. The van der Waals surface area contributed by atoms with E-state index < -0.39 is 0 Å². The van der Waals surface area contributed by atoms with Gasteiger partial charge in [-0.25, -0.2) is 4.39 Å². The van der Waals surface area contributed by atoms with Gasteiger partial charge in [-0.2, -0.15) is 4.98 Å². The van der Waals surface area contributed by atoms with Gasteiger partial charge in [0, 0.05) is 23.6 Å². The lowest BCUT2D eigenvalue weighted by Crippen LogP contribution is -2.40. The smallest absolute Gasteiger partial charge is 0.246 e. The van der Waals surface area contributed by atoms with Crippen LogP contribution >= 0.6 is 11.6 Å². The number of aromatic nitrogens is 2. The first-order chi connectivity index (χ1) is 14.6. The molecule has 0 saturated carbocycles. The van der Waals surface area contributed by atoms with E-state index in [0.29, 0.717) is 34.4 Å². The van der Waals surface area contributed by atoms with Crippen LogP contribution in [0.15, 0.2) is 53.1 Å². The molecular weight excluding hydrogens is 407 g/mol. The van der Waals surface area contributed by atoms with Crippen molar-refractivity contribution in [2.75, 3.05) is 13.1 Å². The fourth-order valence-electron chi connectivity index (χ4n) is 3.61. The number of rotatable bonds is 6. The second kappa shape index (κ2) is 9.36. The van der Waals surface area contributed by atoms with Crippen molar-refractivity contribution in [3.05, 3.63) is 70.8 Å². The maximum absolute atomic E-state index is 13.8. The molecule has 0 bridgehead atoms. The van der Waals surface area contributed by atoms with Crippen LogP contribution in [0.1, 0.15) is 24.3 Å². The Labute approximate surface area is 179 Å². The first-order valence-electron chi connectivity index (χ1n) is 9.91. The number of benzene rings is 2. The van der Waals surface area contributed by atoms with Gasteiger partial charge in [0.25, 0.3) is 0 Å². The average molecular weight is 429 g/mol. The normalized spacial score (nSPS) is 15.3. The predicted octanol–water partition coefficient (Wildman–Crippen LogP) is 4.06. The maximum Gasteiger partial charge on any atom is 0.246 e. The van der Waals surface area contributed by atoms with E-state index in [4.69, 9.17) is 16.1 Å². The summed E-state index contributed by atoms with van der Waals surface area (Å²) in [5.41, 5.74) is 1.37. The van der Waals surface area contributed by atoms with Gasteiger partial charge in [-0.3, -0.25) is 9.69 Å². The van der Waals surface area contributed by atoms with Gasteiger partial charge in [-0.05, 0) is 44.1 Å². The van der Waals surface area contributed by atoms with E-state index >= 15 is 0 Å². The molecule has 8 heteroatoms. The summed E-state index contributed by atoms with van der Waals surface area (Å²) < 4.78 is 19.1. The minimum atomic E-state index is -0.187. The highest BCUT2D eigenvalue weighted by Crippen LogP contribution is 2.25. The topological polar surface area (TPSA) is 71.3 Å². The molecule has 1 saturated heterocycles. The molecule has 156 valence electrons. The van der Waals surface area contributed by atoms with Gasteiger partial charge in [0.2, 0.25) is 17.6 Å². The van der Waals surface area contributed by atoms with Gasteiger partial charge >= 0.3 is 0 Å². The molecule has 2 heterocycles. The number of carbonyl (C=O) groups is 1. The Balaban J connectivity index is 1.26. The SMILES string of the molecule is O=C(NCc1nc(-c2ccccc2Cl)no1)C1CCN(Cc2ccccc2F)CC1. The van der Waals surface area contributed by atoms with E-state index in [1.165, 1.54) is 6.07 Å². The monoisotopic (exact) mass is 428 g/mol. The summed E-state index contributed by atoms with van der Waals surface area (Å²) in [6.45, 7) is 2.24.